The largest absolute Gasteiger partial charge is 0.373 e. The summed E-state index contributed by atoms with van der Waals surface area (Å²) < 4.78 is 5.62. The molecule has 0 bridgehead atoms. The number of benzene rings is 3. The summed E-state index contributed by atoms with van der Waals surface area (Å²) >= 11 is 0. The number of ether oxygens (including phenoxy) is 1. The van der Waals surface area contributed by atoms with E-state index < -0.39 is 35.0 Å². The number of primary amides is 1. The third-order valence-corrected chi connectivity index (χ3v) is 6.63. The maximum Gasteiger partial charge on any atom is 0.242 e. The van der Waals surface area contributed by atoms with Gasteiger partial charge in [-0.2, -0.15) is 0 Å². The van der Waals surface area contributed by atoms with Crippen molar-refractivity contribution in [1.82, 2.24) is 10.6 Å². The molecule has 0 aliphatic heterocycles. The van der Waals surface area contributed by atoms with Crippen LogP contribution in [0.1, 0.15) is 56.7 Å². The number of hydrogen-bond donors (Lipinski definition) is 4. The van der Waals surface area contributed by atoms with Crippen molar-refractivity contribution in [1.29, 1.82) is 0 Å². The average Bonchev–Trinajstić information content (AvgIpc) is 2.93. The number of carbonyl (C=O) groups is 2. The number of nitrogens with one attached hydrogen (secondary N) is 2. The molecule has 0 saturated carbocycles. The lowest BCUT2D eigenvalue weighted by atomic mass is 9.77. The molecule has 2 atom stereocenters. The van der Waals surface area contributed by atoms with Crippen LogP contribution in [0.4, 0.5) is 0 Å². The third kappa shape index (κ3) is 8.48. The molecule has 7 heteroatoms. The minimum Gasteiger partial charge on any atom is -0.373 e. The molecule has 0 unspecified atom stereocenters. The Balaban J connectivity index is 1.65. The molecule has 0 aliphatic carbocycles. The van der Waals surface area contributed by atoms with E-state index in [0.29, 0.717) is 13.0 Å². The maximum atomic E-state index is 12.6. The van der Waals surface area contributed by atoms with Crippen molar-refractivity contribution in [3.05, 3.63) is 108 Å². The molecule has 0 spiro atoms. The lowest BCUT2D eigenvalue weighted by molar-refractivity contribution is -0.131. The first-order chi connectivity index (χ1) is 18.6. The zero-order valence-electron chi connectivity index (χ0n) is 23.2. The first kappa shape index (κ1) is 30.0. The summed E-state index contributed by atoms with van der Waals surface area (Å²) in [5.41, 5.74) is 14.1. The van der Waals surface area contributed by atoms with Gasteiger partial charge in [0.05, 0.1) is 23.8 Å². The SMILES string of the molecule is CC(C)(C)OC[C@H](NC(=O)[C@@H](N)CCCCNC(c1ccccc1)(c1ccccc1)c1ccccc1)C(N)=O. The second-order valence-electron chi connectivity index (χ2n) is 10.8. The van der Waals surface area contributed by atoms with Crippen molar-refractivity contribution >= 4 is 11.8 Å². The van der Waals surface area contributed by atoms with E-state index in [1.165, 1.54) is 0 Å². The fraction of sp³-hybridized carbons (Fsp3) is 0.375. The Labute approximate surface area is 232 Å². The van der Waals surface area contributed by atoms with E-state index in [1.54, 1.807) is 0 Å². The van der Waals surface area contributed by atoms with E-state index in [1.807, 2.05) is 39.0 Å². The van der Waals surface area contributed by atoms with E-state index in [9.17, 15) is 9.59 Å². The summed E-state index contributed by atoms with van der Waals surface area (Å²) in [4.78, 5) is 24.4. The van der Waals surface area contributed by atoms with E-state index >= 15 is 0 Å². The van der Waals surface area contributed by atoms with Crippen molar-refractivity contribution in [2.75, 3.05) is 13.2 Å². The summed E-state index contributed by atoms with van der Waals surface area (Å²) in [6, 6.07) is 29.6. The molecule has 3 aromatic rings. The highest BCUT2D eigenvalue weighted by atomic mass is 16.5. The van der Waals surface area contributed by atoms with Crippen molar-refractivity contribution in [3.8, 4) is 0 Å². The van der Waals surface area contributed by atoms with Crippen LogP contribution in [0.25, 0.3) is 0 Å². The summed E-state index contributed by atoms with van der Waals surface area (Å²) in [6.07, 6.45) is 2.02. The van der Waals surface area contributed by atoms with Crippen molar-refractivity contribution < 1.29 is 14.3 Å². The molecule has 0 fully saturated rings. The Kier molecular flexibility index (Phi) is 10.8. The molecule has 0 aliphatic rings. The number of rotatable bonds is 14. The molecule has 208 valence electrons. The van der Waals surface area contributed by atoms with Gasteiger partial charge in [0.15, 0.2) is 0 Å². The number of hydrogen-bond acceptors (Lipinski definition) is 5. The molecule has 0 saturated heterocycles. The molecule has 0 radical (unpaired) electrons. The van der Waals surface area contributed by atoms with Crippen molar-refractivity contribution in [2.24, 2.45) is 11.5 Å². The zero-order valence-corrected chi connectivity index (χ0v) is 23.2. The van der Waals surface area contributed by atoms with Gasteiger partial charge in [-0.1, -0.05) is 97.4 Å². The van der Waals surface area contributed by atoms with E-state index in [2.05, 4.69) is 83.4 Å². The van der Waals surface area contributed by atoms with Crippen LogP contribution in [0.2, 0.25) is 0 Å². The number of unbranched alkanes of at least 4 members (excludes halogenated alkanes) is 1. The average molecular weight is 531 g/mol. The molecular formula is C32H42N4O3. The van der Waals surface area contributed by atoms with Gasteiger partial charge < -0.3 is 21.5 Å². The van der Waals surface area contributed by atoms with Crippen LogP contribution in [-0.2, 0) is 19.9 Å². The van der Waals surface area contributed by atoms with Crippen LogP contribution in [-0.4, -0.2) is 42.7 Å². The Morgan fingerprint density at radius 1 is 0.795 bits per heavy atom. The van der Waals surface area contributed by atoms with Crippen molar-refractivity contribution in [2.45, 2.75) is 63.3 Å². The highest BCUT2D eigenvalue weighted by Gasteiger charge is 2.35. The van der Waals surface area contributed by atoms with Gasteiger partial charge in [-0.15, -0.1) is 0 Å². The van der Waals surface area contributed by atoms with Gasteiger partial charge in [0.2, 0.25) is 11.8 Å². The lowest BCUT2D eigenvalue weighted by Gasteiger charge is -2.37. The number of carbonyl (C=O) groups excluding carboxylic acids is 2. The van der Waals surface area contributed by atoms with Crippen LogP contribution in [0, 0.1) is 0 Å². The monoisotopic (exact) mass is 530 g/mol. The topological polar surface area (TPSA) is 119 Å². The minimum atomic E-state index is -0.923. The molecule has 2 amide bonds. The zero-order chi connectivity index (χ0) is 28.3. The minimum absolute atomic E-state index is 0.00174. The van der Waals surface area contributed by atoms with Gasteiger partial charge in [-0.25, -0.2) is 0 Å². The normalized spacial score (nSPS) is 13.4. The summed E-state index contributed by atoms with van der Waals surface area (Å²) in [6.45, 7) is 6.32. The fourth-order valence-corrected chi connectivity index (χ4v) is 4.57. The molecule has 0 aromatic heterocycles. The van der Waals surface area contributed by atoms with Gasteiger partial charge in [-0.05, 0) is 56.8 Å². The molecule has 0 heterocycles. The molecule has 39 heavy (non-hydrogen) atoms. The Morgan fingerprint density at radius 3 is 1.67 bits per heavy atom. The van der Waals surface area contributed by atoms with Crippen LogP contribution < -0.4 is 22.1 Å². The fourth-order valence-electron chi connectivity index (χ4n) is 4.57. The lowest BCUT2D eigenvalue weighted by Crippen LogP contribution is -2.53. The molecule has 3 aromatic carbocycles. The molecule has 7 nitrogen and oxygen atoms in total. The highest BCUT2D eigenvalue weighted by molar-refractivity contribution is 5.88. The van der Waals surface area contributed by atoms with Gasteiger partial charge in [-0.3, -0.25) is 14.9 Å². The molecule has 6 N–H and O–H groups in total. The predicted octanol–water partition coefficient (Wildman–Crippen LogP) is 3.85. The first-order valence-electron chi connectivity index (χ1n) is 13.5. The molecule has 3 rings (SSSR count). The maximum absolute atomic E-state index is 12.6. The van der Waals surface area contributed by atoms with Gasteiger partial charge in [0, 0.05) is 0 Å². The third-order valence-electron chi connectivity index (χ3n) is 6.63. The Bertz CT molecular complexity index is 1070. The smallest absolute Gasteiger partial charge is 0.242 e. The Morgan fingerprint density at radius 2 is 1.26 bits per heavy atom. The summed E-state index contributed by atoms with van der Waals surface area (Å²) in [5, 5.41) is 6.48. The quantitative estimate of drug-likeness (QED) is 0.186. The highest BCUT2D eigenvalue weighted by Crippen LogP contribution is 2.36. The van der Waals surface area contributed by atoms with E-state index in [4.69, 9.17) is 16.2 Å². The molecular weight excluding hydrogens is 488 g/mol. The van der Waals surface area contributed by atoms with Crippen LogP contribution in [0.15, 0.2) is 91.0 Å². The van der Waals surface area contributed by atoms with E-state index in [0.717, 1.165) is 29.5 Å². The number of amides is 2. The van der Waals surface area contributed by atoms with Crippen molar-refractivity contribution in [3.63, 3.8) is 0 Å². The summed E-state index contributed by atoms with van der Waals surface area (Å²) in [7, 11) is 0. The van der Waals surface area contributed by atoms with Crippen LogP contribution >= 0.6 is 0 Å². The van der Waals surface area contributed by atoms with Gasteiger partial charge >= 0.3 is 0 Å². The first-order valence-corrected chi connectivity index (χ1v) is 13.5. The van der Waals surface area contributed by atoms with Crippen LogP contribution in [0.3, 0.4) is 0 Å². The van der Waals surface area contributed by atoms with Crippen LogP contribution in [0.5, 0.6) is 0 Å². The standard InChI is InChI=1S/C32H42N4O3/c1-31(2,3)39-23-28(29(34)37)36-30(38)27(33)21-13-14-22-35-32(24-15-7-4-8-16-24,25-17-9-5-10-18-25)26-19-11-6-12-20-26/h4-12,15-20,27-28,35H,13-14,21-23,33H2,1-3H3,(H2,34,37)(H,36,38)/t27-,28-/m0/s1. The van der Waals surface area contributed by atoms with Gasteiger partial charge in [0.25, 0.3) is 0 Å². The Hall–Kier alpha value is -3.52. The summed E-state index contributed by atoms with van der Waals surface area (Å²) in [5.74, 6) is -1.06. The second-order valence-corrected chi connectivity index (χ2v) is 10.8. The van der Waals surface area contributed by atoms with Gasteiger partial charge in [0.1, 0.15) is 6.04 Å². The number of nitrogens with two attached hydrogens (primary N) is 2. The predicted molar refractivity (Wildman–Crippen MR) is 156 cm³/mol. The second kappa shape index (κ2) is 14.0. The van der Waals surface area contributed by atoms with E-state index in [-0.39, 0.29) is 6.61 Å².